The van der Waals surface area contributed by atoms with E-state index in [1.54, 1.807) is 6.07 Å². The molecule has 0 atom stereocenters. The van der Waals surface area contributed by atoms with E-state index in [9.17, 15) is 9.59 Å². The molecule has 2 N–H and O–H groups in total. The van der Waals surface area contributed by atoms with Crippen molar-refractivity contribution in [3.63, 3.8) is 0 Å². The molecule has 0 fully saturated rings. The van der Waals surface area contributed by atoms with Crippen molar-refractivity contribution in [2.45, 2.75) is 26.7 Å². The smallest absolute Gasteiger partial charge is 0.305 e. The van der Waals surface area contributed by atoms with Crippen molar-refractivity contribution in [1.29, 1.82) is 0 Å². The second kappa shape index (κ2) is 6.79. The Morgan fingerprint density at radius 3 is 2.67 bits per heavy atom. The van der Waals surface area contributed by atoms with Gasteiger partial charge in [0.1, 0.15) is 0 Å². The van der Waals surface area contributed by atoms with Crippen molar-refractivity contribution >= 4 is 11.9 Å². The summed E-state index contributed by atoms with van der Waals surface area (Å²) >= 11 is 0. The minimum atomic E-state index is -0.913. The lowest BCUT2D eigenvalue weighted by atomic mass is 10.0. The Morgan fingerprint density at radius 1 is 1.33 bits per heavy atom. The summed E-state index contributed by atoms with van der Waals surface area (Å²) < 4.78 is 0. The lowest BCUT2D eigenvalue weighted by Crippen LogP contribution is -2.26. The van der Waals surface area contributed by atoms with Crippen LogP contribution in [0.15, 0.2) is 24.3 Å². The fourth-order valence-corrected chi connectivity index (χ4v) is 1.70. The molecule has 0 bridgehead atoms. The van der Waals surface area contributed by atoms with E-state index in [0.29, 0.717) is 11.5 Å². The van der Waals surface area contributed by atoms with Gasteiger partial charge >= 0.3 is 5.97 Å². The van der Waals surface area contributed by atoms with Crippen LogP contribution in [0.2, 0.25) is 0 Å². The summed E-state index contributed by atoms with van der Waals surface area (Å²) in [5, 5.41) is 11.1. The Bertz CT molecular complexity index is 427. The van der Waals surface area contributed by atoms with Gasteiger partial charge in [0.2, 0.25) is 0 Å². The number of hydrogen-bond donors (Lipinski definition) is 2. The van der Waals surface area contributed by atoms with E-state index in [-0.39, 0.29) is 18.9 Å². The molecule has 0 aliphatic heterocycles. The molecule has 0 heterocycles. The summed E-state index contributed by atoms with van der Waals surface area (Å²) in [7, 11) is 0. The Labute approximate surface area is 107 Å². The Hall–Kier alpha value is -1.84. The number of amides is 1. The van der Waals surface area contributed by atoms with Crippen molar-refractivity contribution in [1.82, 2.24) is 5.32 Å². The van der Waals surface area contributed by atoms with Crippen LogP contribution in [-0.2, 0) is 11.2 Å². The normalized spacial score (nSPS) is 10.4. The maximum absolute atomic E-state index is 11.8. The van der Waals surface area contributed by atoms with E-state index in [0.717, 1.165) is 12.0 Å². The summed E-state index contributed by atoms with van der Waals surface area (Å²) in [6.07, 6.45) is 0.869. The number of rotatable bonds is 6. The Kier molecular flexibility index (Phi) is 5.36. The lowest BCUT2D eigenvalue weighted by Gasteiger charge is -2.08. The quantitative estimate of drug-likeness (QED) is 0.811. The molecule has 1 aromatic carbocycles. The highest BCUT2D eigenvalue weighted by Crippen LogP contribution is 2.10. The predicted molar refractivity (Wildman–Crippen MR) is 69.6 cm³/mol. The summed E-state index contributed by atoms with van der Waals surface area (Å²) in [4.78, 5) is 22.1. The van der Waals surface area contributed by atoms with E-state index in [2.05, 4.69) is 19.2 Å². The Balaban J connectivity index is 2.59. The fourth-order valence-electron chi connectivity index (χ4n) is 1.70. The number of carbonyl (C=O) groups excluding carboxylic acids is 1. The van der Waals surface area contributed by atoms with Gasteiger partial charge < -0.3 is 10.4 Å². The number of aliphatic carboxylic acids is 1. The molecule has 0 unspecified atom stereocenters. The minimum absolute atomic E-state index is 0.0581. The van der Waals surface area contributed by atoms with Crippen LogP contribution in [-0.4, -0.2) is 23.5 Å². The number of carboxylic acids is 1. The molecule has 4 nitrogen and oxygen atoms in total. The first-order valence-electron chi connectivity index (χ1n) is 6.08. The predicted octanol–water partition coefficient (Wildman–Crippen LogP) is 2.09. The first-order valence-corrected chi connectivity index (χ1v) is 6.08. The highest BCUT2D eigenvalue weighted by atomic mass is 16.4. The van der Waals surface area contributed by atoms with Crippen molar-refractivity contribution in [2.24, 2.45) is 5.92 Å². The number of hydrogen-bond acceptors (Lipinski definition) is 2. The van der Waals surface area contributed by atoms with Gasteiger partial charge in [0, 0.05) is 12.1 Å². The summed E-state index contributed by atoms with van der Waals surface area (Å²) in [5.74, 6) is -0.596. The molecule has 0 aromatic heterocycles. The van der Waals surface area contributed by atoms with Gasteiger partial charge in [0.15, 0.2) is 0 Å². The van der Waals surface area contributed by atoms with Crippen LogP contribution in [0.1, 0.15) is 36.2 Å². The van der Waals surface area contributed by atoms with Crippen LogP contribution in [0.3, 0.4) is 0 Å². The molecule has 1 aromatic rings. The third-order valence-electron chi connectivity index (χ3n) is 2.46. The second-order valence-electron chi connectivity index (χ2n) is 4.70. The molecule has 0 aliphatic rings. The topological polar surface area (TPSA) is 66.4 Å². The number of carboxylic acid groups (broad SMARTS) is 1. The maximum Gasteiger partial charge on any atom is 0.305 e. The molecule has 0 aliphatic carbocycles. The highest BCUT2D eigenvalue weighted by molar-refractivity contribution is 5.94. The van der Waals surface area contributed by atoms with Gasteiger partial charge in [-0.1, -0.05) is 26.0 Å². The average Bonchev–Trinajstić information content (AvgIpc) is 2.27. The number of nitrogens with one attached hydrogen (secondary N) is 1. The molecular formula is C14H19NO3. The number of carbonyl (C=O) groups is 2. The molecule has 0 saturated heterocycles. The third kappa shape index (κ3) is 4.99. The zero-order valence-corrected chi connectivity index (χ0v) is 10.8. The highest BCUT2D eigenvalue weighted by Gasteiger charge is 2.07. The summed E-state index contributed by atoms with van der Waals surface area (Å²) in [5.41, 5.74) is 1.70. The van der Waals surface area contributed by atoms with Gasteiger partial charge in [-0.2, -0.15) is 0 Å². The van der Waals surface area contributed by atoms with Gasteiger partial charge in [-0.25, -0.2) is 0 Å². The van der Waals surface area contributed by atoms with Gasteiger partial charge in [-0.15, -0.1) is 0 Å². The van der Waals surface area contributed by atoms with E-state index in [1.807, 2.05) is 18.2 Å². The minimum Gasteiger partial charge on any atom is -0.481 e. The van der Waals surface area contributed by atoms with E-state index in [1.165, 1.54) is 0 Å². The van der Waals surface area contributed by atoms with Gasteiger partial charge in [-0.05, 0) is 30.0 Å². The maximum atomic E-state index is 11.8. The van der Waals surface area contributed by atoms with Crippen LogP contribution in [0.25, 0.3) is 0 Å². The molecule has 0 radical (unpaired) electrons. The van der Waals surface area contributed by atoms with Crippen molar-refractivity contribution in [3.05, 3.63) is 35.4 Å². The van der Waals surface area contributed by atoms with Crippen molar-refractivity contribution in [3.8, 4) is 0 Å². The average molecular weight is 249 g/mol. The molecule has 1 amide bonds. The SMILES string of the molecule is CC(C)Cc1cccc(C(=O)NCCC(=O)O)c1. The third-order valence-corrected chi connectivity index (χ3v) is 2.46. The standard InChI is InChI=1S/C14H19NO3/c1-10(2)8-11-4-3-5-12(9-11)14(18)15-7-6-13(16)17/h3-5,9-10H,6-8H2,1-2H3,(H,15,18)(H,16,17). The van der Waals surface area contributed by atoms with Crippen LogP contribution in [0.4, 0.5) is 0 Å². The van der Waals surface area contributed by atoms with Gasteiger partial charge in [-0.3, -0.25) is 9.59 Å². The molecule has 4 heteroatoms. The molecular weight excluding hydrogens is 230 g/mol. The van der Waals surface area contributed by atoms with Gasteiger partial charge in [0.25, 0.3) is 5.91 Å². The zero-order valence-electron chi connectivity index (χ0n) is 10.8. The van der Waals surface area contributed by atoms with Crippen LogP contribution < -0.4 is 5.32 Å². The van der Waals surface area contributed by atoms with Gasteiger partial charge in [0.05, 0.1) is 6.42 Å². The van der Waals surface area contributed by atoms with Crippen LogP contribution in [0.5, 0.6) is 0 Å². The van der Waals surface area contributed by atoms with Crippen LogP contribution in [0, 0.1) is 5.92 Å². The van der Waals surface area contributed by atoms with Crippen molar-refractivity contribution < 1.29 is 14.7 Å². The van der Waals surface area contributed by atoms with Crippen LogP contribution >= 0.6 is 0 Å². The van der Waals surface area contributed by atoms with E-state index < -0.39 is 5.97 Å². The van der Waals surface area contributed by atoms with Crippen molar-refractivity contribution in [2.75, 3.05) is 6.54 Å². The molecule has 0 spiro atoms. The lowest BCUT2D eigenvalue weighted by molar-refractivity contribution is -0.136. The van der Waals surface area contributed by atoms with E-state index in [4.69, 9.17) is 5.11 Å². The largest absolute Gasteiger partial charge is 0.481 e. The molecule has 18 heavy (non-hydrogen) atoms. The van der Waals surface area contributed by atoms with E-state index >= 15 is 0 Å². The zero-order chi connectivity index (χ0) is 13.5. The monoisotopic (exact) mass is 249 g/mol. The first kappa shape index (κ1) is 14.2. The number of benzene rings is 1. The summed E-state index contributed by atoms with van der Waals surface area (Å²) in [6, 6.07) is 7.44. The molecule has 98 valence electrons. The fraction of sp³-hybridized carbons (Fsp3) is 0.429. The Morgan fingerprint density at radius 2 is 2.06 bits per heavy atom. The second-order valence-corrected chi connectivity index (χ2v) is 4.70. The first-order chi connectivity index (χ1) is 8.49. The molecule has 1 rings (SSSR count). The summed E-state index contributed by atoms with van der Waals surface area (Å²) in [6.45, 7) is 4.40. The molecule has 0 saturated carbocycles.